The average Bonchev–Trinajstić information content (AvgIpc) is 3.29. The summed E-state index contributed by atoms with van der Waals surface area (Å²) in [6.07, 6.45) is 5.76. The Morgan fingerprint density at radius 3 is 2.46 bits per heavy atom. The molecule has 2 unspecified atom stereocenters. The molecule has 1 aliphatic carbocycles. The fourth-order valence-electron chi connectivity index (χ4n) is 3.03. The average molecular weight is 440 g/mol. The molecule has 1 saturated carbocycles. The molecule has 0 amide bonds. The Hall–Kier alpha value is -1.08. The molecule has 3 rings (SSSR count). The van der Waals surface area contributed by atoms with Gasteiger partial charge in [0.05, 0.1) is 0 Å². The summed E-state index contributed by atoms with van der Waals surface area (Å²) >= 11 is 0. The quantitative estimate of drug-likeness (QED) is 0.444. The molecule has 1 aromatic carbocycles. The molecule has 1 saturated heterocycles. The van der Waals surface area contributed by atoms with Crippen molar-refractivity contribution < 1.29 is 0 Å². The summed E-state index contributed by atoms with van der Waals surface area (Å²) in [4.78, 5) is 9.35. The van der Waals surface area contributed by atoms with E-state index in [4.69, 9.17) is 0 Å². The first-order valence-electron chi connectivity index (χ1n) is 8.68. The van der Waals surface area contributed by atoms with Crippen molar-refractivity contribution >= 4 is 36.0 Å². The molecular weight excluding hydrogens is 411 g/mol. The second-order valence-electron chi connectivity index (χ2n) is 6.61. The van der Waals surface area contributed by atoms with Crippen LogP contribution in [0, 0.1) is 5.92 Å². The minimum absolute atomic E-state index is 0. The van der Waals surface area contributed by atoms with Gasteiger partial charge in [-0.25, -0.2) is 0 Å². The molecule has 1 heterocycles. The zero-order valence-corrected chi connectivity index (χ0v) is 17.0. The zero-order valence-electron chi connectivity index (χ0n) is 14.7. The van der Waals surface area contributed by atoms with E-state index >= 15 is 0 Å². The largest absolute Gasteiger partial charge is 0.353 e. The van der Waals surface area contributed by atoms with Crippen LogP contribution in [-0.4, -0.2) is 61.6 Å². The number of hydrogen-bond acceptors (Lipinski definition) is 2. The van der Waals surface area contributed by atoms with Gasteiger partial charge in [0.1, 0.15) is 0 Å². The molecule has 5 heteroatoms. The van der Waals surface area contributed by atoms with Gasteiger partial charge in [-0.2, -0.15) is 0 Å². The molecule has 1 aromatic rings. The summed E-state index contributed by atoms with van der Waals surface area (Å²) in [6, 6.07) is 11.1. The van der Waals surface area contributed by atoms with Crippen molar-refractivity contribution in [2.24, 2.45) is 10.9 Å². The summed E-state index contributed by atoms with van der Waals surface area (Å²) in [5, 5.41) is 3.58. The normalized spacial score (nSPS) is 24.8. The minimum atomic E-state index is 0. The first kappa shape index (κ1) is 19.2. The van der Waals surface area contributed by atoms with Crippen molar-refractivity contribution in [1.82, 2.24) is 15.1 Å². The SMILES string of the molecule is CN=C(NC1CC1C)N1CCN(C/C=C/c2ccccc2)CC1.I. The highest BCUT2D eigenvalue weighted by Crippen LogP contribution is 2.29. The predicted octanol–water partition coefficient (Wildman–Crippen LogP) is 2.92. The number of nitrogens with zero attached hydrogens (tertiary/aromatic N) is 3. The number of piperazine rings is 1. The molecule has 2 aliphatic rings. The highest BCUT2D eigenvalue weighted by molar-refractivity contribution is 14.0. The summed E-state index contributed by atoms with van der Waals surface area (Å²) in [7, 11) is 1.89. The monoisotopic (exact) mass is 440 g/mol. The van der Waals surface area contributed by atoms with Gasteiger partial charge in [-0.05, 0) is 17.9 Å². The van der Waals surface area contributed by atoms with Gasteiger partial charge in [0.25, 0.3) is 0 Å². The Bertz CT molecular complexity index is 550. The molecule has 1 aliphatic heterocycles. The van der Waals surface area contributed by atoms with E-state index in [-0.39, 0.29) is 24.0 Å². The van der Waals surface area contributed by atoms with Crippen molar-refractivity contribution in [3.63, 3.8) is 0 Å². The molecule has 0 radical (unpaired) electrons. The predicted molar refractivity (Wildman–Crippen MR) is 113 cm³/mol. The van der Waals surface area contributed by atoms with Crippen LogP contribution in [0.4, 0.5) is 0 Å². The van der Waals surface area contributed by atoms with Crippen LogP contribution in [0.25, 0.3) is 6.08 Å². The van der Waals surface area contributed by atoms with E-state index in [9.17, 15) is 0 Å². The van der Waals surface area contributed by atoms with Crippen LogP contribution in [0.15, 0.2) is 41.4 Å². The lowest BCUT2D eigenvalue weighted by Gasteiger charge is -2.36. The number of aliphatic imine (C=N–C) groups is 1. The smallest absolute Gasteiger partial charge is 0.193 e. The van der Waals surface area contributed by atoms with Gasteiger partial charge in [-0.3, -0.25) is 9.89 Å². The van der Waals surface area contributed by atoms with Gasteiger partial charge in [-0.15, -0.1) is 24.0 Å². The van der Waals surface area contributed by atoms with E-state index in [0.29, 0.717) is 6.04 Å². The maximum absolute atomic E-state index is 4.45. The van der Waals surface area contributed by atoms with Crippen LogP contribution in [0.5, 0.6) is 0 Å². The summed E-state index contributed by atoms with van der Waals surface area (Å²) in [6.45, 7) is 7.62. The Balaban J connectivity index is 0.00000208. The summed E-state index contributed by atoms with van der Waals surface area (Å²) in [5.41, 5.74) is 1.27. The fraction of sp³-hybridized carbons (Fsp3) is 0.526. The highest BCUT2D eigenvalue weighted by atomic mass is 127. The van der Waals surface area contributed by atoms with E-state index < -0.39 is 0 Å². The van der Waals surface area contributed by atoms with Crippen molar-refractivity contribution in [2.45, 2.75) is 19.4 Å². The van der Waals surface area contributed by atoms with Crippen molar-refractivity contribution in [1.29, 1.82) is 0 Å². The first-order chi connectivity index (χ1) is 11.3. The summed E-state index contributed by atoms with van der Waals surface area (Å²) < 4.78 is 0. The third-order valence-corrected chi connectivity index (χ3v) is 4.78. The lowest BCUT2D eigenvalue weighted by atomic mass is 10.2. The fourth-order valence-corrected chi connectivity index (χ4v) is 3.03. The van der Waals surface area contributed by atoms with E-state index in [1.165, 1.54) is 12.0 Å². The van der Waals surface area contributed by atoms with Crippen molar-refractivity contribution in [3.8, 4) is 0 Å². The number of benzene rings is 1. The van der Waals surface area contributed by atoms with Crippen LogP contribution >= 0.6 is 24.0 Å². The van der Waals surface area contributed by atoms with Crippen LogP contribution in [0.2, 0.25) is 0 Å². The molecule has 132 valence electrons. The number of rotatable bonds is 4. The standard InChI is InChI=1S/C19H28N4.HI/c1-16-15-18(16)21-19(20-2)23-13-11-22(12-14-23)10-6-9-17-7-4-3-5-8-17;/h3-9,16,18H,10-15H2,1-2H3,(H,20,21);1H/b9-6+;. The van der Waals surface area contributed by atoms with Crippen molar-refractivity contribution in [2.75, 3.05) is 39.8 Å². The molecule has 2 atom stereocenters. The van der Waals surface area contributed by atoms with Gasteiger partial charge in [-0.1, -0.05) is 49.4 Å². The molecule has 0 spiro atoms. The topological polar surface area (TPSA) is 30.9 Å². The second kappa shape index (κ2) is 9.42. The van der Waals surface area contributed by atoms with Gasteiger partial charge >= 0.3 is 0 Å². The van der Waals surface area contributed by atoms with Crippen LogP contribution in [0.3, 0.4) is 0 Å². The third-order valence-electron chi connectivity index (χ3n) is 4.78. The Morgan fingerprint density at radius 1 is 1.21 bits per heavy atom. The number of halogens is 1. The molecule has 0 bridgehead atoms. The zero-order chi connectivity index (χ0) is 16.1. The molecule has 0 aromatic heterocycles. The lowest BCUT2D eigenvalue weighted by Crippen LogP contribution is -2.52. The number of hydrogen-bond donors (Lipinski definition) is 1. The molecule has 24 heavy (non-hydrogen) atoms. The second-order valence-corrected chi connectivity index (χ2v) is 6.61. The van der Waals surface area contributed by atoms with Gasteiger partial charge in [0.2, 0.25) is 0 Å². The van der Waals surface area contributed by atoms with Gasteiger partial charge in [0.15, 0.2) is 5.96 Å². The van der Waals surface area contributed by atoms with Gasteiger partial charge < -0.3 is 10.2 Å². The Kier molecular flexibility index (Phi) is 7.55. The highest BCUT2D eigenvalue weighted by Gasteiger charge is 2.34. The Labute approximate surface area is 163 Å². The van der Waals surface area contributed by atoms with Crippen LogP contribution in [0.1, 0.15) is 18.9 Å². The van der Waals surface area contributed by atoms with Crippen LogP contribution in [-0.2, 0) is 0 Å². The maximum Gasteiger partial charge on any atom is 0.193 e. The van der Waals surface area contributed by atoms with E-state index in [2.05, 4.69) is 69.5 Å². The number of guanidine groups is 1. The number of nitrogens with one attached hydrogen (secondary N) is 1. The maximum atomic E-state index is 4.45. The van der Waals surface area contributed by atoms with E-state index in [1.54, 1.807) is 0 Å². The van der Waals surface area contributed by atoms with E-state index in [1.807, 2.05) is 7.05 Å². The molecule has 4 nitrogen and oxygen atoms in total. The molecule has 1 N–H and O–H groups in total. The van der Waals surface area contributed by atoms with Crippen molar-refractivity contribution in [3.05, 3.63) is 42.0 Å². The third kappa shape index (κ3) is 5.48. The summed E-state index contributed by atoms with van der Waals surface area (Å²) in [5.74, 6) is 1.88. The van der Waals surface area contributed by atoms with E-state index in [0.717, 1.165) is 44.6 Å². The lowest BCUT2D eigenvalue weighted by molar-refractivity contribution is 0.194. The Morgan fingerprint density at radius 2 is 1.88 bits per heavy atom. The van der Waals surface area contributed by atoms with Crippen LogP contribution < -0.4 is 5.32 Å². The molecular formula is C19H29IN4. The minimum Gasteiger partial charge on any atom is -0.353 e. The first-order valence-corrected chi connectivity index (χ1v) is 8.68. The molecule has 2 fully saturated rings. The van der Waals surface area contributed by atoms with Gasteiger partial charge in [0, 0.05) is 45.8 Å².